The van der Waals surface area contributed by atoms with Gasteiger partial charge in [0.2, 0.25) is 0 Å². The van der Waals surface area contributed by atoms with Gasteiger partial charge in [-0.25, -0.2) is 0 Å². The first kappa shape index (κ1) is 19.1. The summed E-state index contributed by atoms with van der Waals surface area (Å²) in [5.74, 6) is 0.912. The molecule has 4 heteroatoms. The van der Waals surface area contributed by atoms with Crippen molar-refractivity contribution in [1.29, 1.82) is 0 Å². The largest absolute Gasteiger partial charge is 0.487 e. The van der Waals surface area contributed by atoms with E-state index < -0.39 is 0 Å². The number of hydrogen-bond acceptors (Lipinski definition) is 2. The zero-order chi connectivity index (χ0) is 17.3. The van der Waals surface area contributed by atoms with Crippen molar-refractivity contribution in [1.82, 2.24) is 9.55 Å². The molecule has 3 aromatic rings. The van der Waals surface area contributed by atoms with Crippen molar-refractivity contribution in [2.45, 2.75) is 40.8 Å². The minimum absolute atomic E-state index is 0. The molecule has 0 N–H and O–H groups in total. The Labute approximate surface area is 155 Å². The highest BCUT2D eigenvalue weighted by atomic mass is 35.5. The zero-order valence-electron chi connectivity index (χ0n) is 15.3. The highest BCUT2D eigenvalue weighted by molar-refractivity contribution is 5.87. The molecule has 2 heterocycles. The van der Waals surface area contributed by atoms with E-state index in [0.29, 0.717) is 6.61 Å². The number of pyridine rings is 1. The van der Waals surface area contributed by atoms with Crippen molar-refractivity contribution in [2.24, 2.45) is 0 Å². The van der Waals surface area contributed by atoms with Crippen molar-refractivity contribution in [2.75, 3.05) is 0 Å². The summed E-state index contributed by atoms with van der Waals surface area (Å²) in [6.45, 7) is 13.6. The second-order valence-corrected chi connectivity index (χ2v) is 6.32. The molecule has 0 bridgehead atoms. The third-order valence-corrected chi connectivity index (χ3v) is 4.63. The van der Waals surface area contributed by atoms with Gasteiger partial charge in [0.05, 0.1) is 5.52 Å². The fourth-order valence-corrected chi connectivity index (χ4v) is 3.24. The minimum atomic E-state index is 0. The molecule has 0 spiro atoms. The standard InChI is InChI=1S/C21H24N2O.ClH/c1-6-11-23-17(5)16(4)18-9-10-22-19(21(18)23)13-24-20-8-7-14(2)12-15(20)3;/h6-10,12H,1,11,13H2,2-5H3;1H. The van der Waals surface area contributed by atoms with Gasteiger partial charge in [-0.15, -0.1) is 19.0 Å². The fraction of sp³-hybridized carbons (Fsp3) is 0.286. The fourth-order valence-electron chi connectivity index (χ4n) is 3.24. The summed E-state index contributed by atoms with van der Waals surface area (Å²) < 4.78 is 8.34. The Balaban J connectivity index is 0.00000225. The van der Waals surface area contributed by atoms with Crippen LogP contribution in [0.2, 0.25) is 0 Å². The molecule has 2 aromatic heterocycles. The molecule has 0 saturated carbocycles. The Morgan fingerprint density at radius 2 is 1.92 bits per heavy atom. The molecular formula is C21H25ClN2O. The van der Waals surface area contributed by atoms with Crippen LogP contribution in [0, 0.1) is 27.7 Å². The monoisotopic (exact) mass is 356 g/mol. The van der Waals surface area contributed by atoms with Crippen LogP contribution >= 0.6 is 12.4 Å². The SMILES string of the molecule is C=CCn1c(C)c(C)c2ccnc(COc3ccc(C)cc3C)c21.Cl. The van der Waals surface area contributed by atoms with Crippen molar-refractivity contribution < 1.29 is 4.74 Å². The van der Waals surface area contributed by atoms with Crippen LogP contribution in [0.3, 0.4) is 0 Å². The molecule has 3 rings (SSSR count). The summed E-state index contributed by atoms with van der Waals surface area (Å²) in [5.41, 5.74) is 7.05. The molecular weight excluding hydrogens is 332 g/mol. The van der Waals surface area contributed by atoms with E-state index in [4.69, 9.17) is 4.74 Å². The smallest absolute Gasteiger partial charge is 0.132 e. The van der Waals surface area contributed by atoms with E-state index in [9.17, 15) is 0 Å². The van der Waals surface area contributed by atoms with Crippen LogP contribution in [-0.2, 0) is 13.2 Å². The number of allylic oxidation sites excluding steroid dienone is 1. The maximum atomic E-state index is 6.07. The minimum Gasteiger partial charge on any atom is -0.487 e. The molecule has 132 valence electrons. The van der Waals surface area contributed by atoms with Crippen LogP contribution in [0.1, 0.15) is 28.1 Å². The molecule has 25 heavy (non-hydrogen) atoms. The molecule has 1 aromatic carbocycles. The highest BCUT2D eigenvalue weighted by Crippen LogP contribution is 2.28. The van der Waals surface area contributed by atoms with Crippen LogP contribution in [0.5, 0.6) is 5.75 Å². The maximum Gasteiger partial charge on any atom is 0.132 e. The van der Waals surface area contributed by atoms with Gasteiger partial charge in [-0.2, -0.15) is 0 Å². The van der Waals surface area contributed by atoms with Gasteiger partial charge in [-0.05, 0) is 51.0 Å². The first-order chi connectivity index (χ1) is 11.5. The van der Waals surface area contributed by atoms with Gasteiger partial charge in [-0.1, -0.05) is 23.8 Å². The van der Waals surface area contributed by atoms with E-state index >= 15 is 0 Å². The molecule has 0 aliphatic carbocycles. The zero-order valence-corrected chi connectivity index (χ0v) is 16.1. The molecule has 0 aliphatic rings. The van der Waals surface area contributed by atoms with Crippen LogP contribution in [-0.4, -0.2) is 9.55 Å². The van der Waals surface area contributed by atoms with Gasteiger partial charge in [0, 0.05) is 23.8 Å². The number of aromatic nitrogens is 2. The lowest BCUT2D eigenvalue weighted by atomic mass is 10.1. The summed E-state index contributed by atoms with van der Waals surface area (Å²) in [7, 11) is 0. The van der Waals surface area contributed by atoms with E-state index in [1.165, 1.54) is 22.2 Å². The Hall–Kier alpha value is -2.26. The molecule has 0 atom stereocenters. The number of halogens is 1. The first-order valence-corrected chi connectivity index (χ1v) is 8.27. The van der Waals surface area contributed by atoms with Crippen LogP contribution in [0.4, 0.5) is 0 Å². The number of fused-ring (bicyclic) bond motifs is 1. The van der Waals surface area contributed by atoms with Crippen LogP contribution in [0.25, 0.3) is 10.9 Å². The lowest BCUT2D eigenvalue weighted by Gasteiger charge is -2.12. The van der Waals surface area contributed by atoms with Crippen LogP contribution < -0.4 is 4.74 Å². The number of rotatable bonds is 5. The number of aryl methyl sites for hydroxylation is 3. The Morgan fingerprint density at radius 1 is 1.16 bits per heavy atom. The molecule has 0 unspecified atom stereocenters. The van der Waals surface area contributed by atoms with E-state index in [-0.39, 0.29) is 12.4 Å². The Morgan fingerprint density at radius 3 is 2.60 bits per heavy atom. The number of ether oxygens (including phenoxy) is 1. The van der Waals surface area contributed by atoms with Crippen molar-refractivity contribution in [3.8, 4) is 5.75 Å². The van der Waals surface area contributed by atoms with Gasteiger partial charge in [0.1, 0.15) is 18.1 Å². The van der Waals surface area contributed by atoms with E-state index in [1.807, 2.05) is 18.3 Å². The molecule has 0 amide bonds. The highest BCUT2D eigenvalue weighted by Gasteiger charge is 2.15. The molecule has 0 fully saturated rings. The average Bonchev–Trinajstić information content (AvgIpc) is 2.80. The van der Waals surface area contributed by atoms with E-state index in [1.54, 1.807) is 0 Å². The van der Waals surface area contributed by atoms with Gasteiger partial charge in [0.15, 0.2) is 0 Å². The van der Waals surface area contributed by atoms with E-state index in [2.05, 4.69) is 62.0 Å². The summed E-state index contributed by atoms with van der Waals surface area (Å²) in [6, 6.07) is 8.32. The first-order valence-electron chi connectivity index (χ1n) is 8.27. The van der Waals surface area contributed by atoms with E-state index in [0.717, 1.165) is 29.1 Å². The van der Waals surface area contributed by atoms with Crippen molar-refractivity contribution >= 4 is 23.3 Å². The second kappa shape index (κ2) is 7.75. The summed E-state index contributed by atoms with van der Waals surface area (Å²) in [5, 5.41) is 1.24. The molecule has 0 saturated heterocycles. The lowest BCUT2D eigenvalue weighted by Crippen LogP contribution is -2.05. The maximum absolute atomic E-state index is 6.07. The second-order valence-electron chi connectivity index (χ2n) is 6.32. The summed E-state index contributed by atoms with van der Waals surface area (Å²) in [4.78, 5) is 4.59. The lowest BCUT2D eigenvalue weighted by molar-refractivity contribution is 0.300. The molecule has 0 aliphatic heterocycles. The number of hydrogen-bond donors (Lipinski definition) is 0. The normalized spacial score (nSPS) is 10.6. The summed E-state index contributed by atoms with van der Waals surface area (Å²) in [6.07, 6.45) is 3.79. The quantitative estimate of drug-likeness (QED) is 0.568. The summed E-state index contributed by atoms with van der Waals surface area (Å²) >= 11 is 0. The van der Waals surface area contributed by atoms with Crippen LogP contribution in [0.15, 0.2) is 43.1 Å². The van der Waals surface area contributed by atoms with Gasteiger partial charge >= 0.3 is 0 Å². The average molecular weight is 357 g/mol. The van der Waals surface area contributed by atoms with Crippen molar-refractivity contribution in [3.63, 3.8) is 0 Å². The van der Waals surface area contributed by atoms with Gasteiger partial charge in [0.25, 0.3) is 0 Å². The number of nitrogens with zero attached hydrogens (tertiary/aromatic N) is 2. The molecule has 3 nitrogen and oxygen atoms in total. The Kier molecular flexibility index (Phi) is 5.91. The predicted octanol–water partition coefficient (Wildman–Crippen LogP) is 5.46. The third-order valence-electron chi connectivity index (χ3n) is 4.63. The Bertz CT molecular complexity index is 912. The van der Waals surface area contributed by atoms with Gasteiger partial charge < -0.3 is 9.30 Å². The van der Waals surface area contributed by atoms with Crippen molar-refractivity contribution in [3.05, 3.63) is 71.2 Å². The topological polar surface area (TPSA) is 27.1 Å². The number of benzene rings is 1. The molecule has 0 radical (unpaired) electrons. The third kappa shape index (κ3) is 3.57. The van der Waals surface area contributed by atoms with Gasteiger partial charge in [-0.3, -0.25) is 4.98 Å². The predicted molar refractivity (Wildman–Crippen MR) is 107 cm³/mol.